The van der Waals surface area contributed by atoms with Crippen LogP contribution in [0.5, 0.6) is 0 Å². The molecule has 0 bridgehead atoms. The number of halogens is 3. The van der Waals surface area contributed by atoms with Crippen LogP contribution in [-0.2, 0) is 11.2 Å². The molecule has 96 valence electrons. The molecular weight excluding hydrogens is 310 g/mol. The lowest BCUT2D eigenvalue weighted by Crippen LogP contribution is -2.27. The predicted octanol–water partition coefficient (Wildman–Crippen LogP) is 2.02. The molecule has 0 saturated carbocycles. The second-order valence-electron chi connectivity index (χ2n) is 3.42. The van der Waals surface area contributed by atoms with Crippen molar-refractivity contribution in [1.29, 1.82) is 0 Å². The number of nitrogens with one attached hydrogen (secondary N) is 1. The number of benzene rings is 1. The quantitative estimate of drug-likeness (QED) is 0.814. The van der Waals surface area contributed by atoms with E-state index in [1.807, 2.05) is 0 Å². The molecule has 0 aromatic heterocycles. The monoisotopic (exact) mass is 324 g/mol. The first-order valence-corrected chi connectivity index (χ1v) is 5.83. The van der Waals surface area contributed by atoms with Gasteiger partial charge in [-0.3, -0.25) is 4.79 Å². The maximum Gasteiger partial charge on any atom is 0.224 e. The summed E-state index contributed by atoms with van der Waals surface area (Å²) >= 11 is 3.06. The van der Waals surface area contributed by atoms with Crippen LogP contribution in [0.1, 0.15) is 12.0 Å². The first-order chi connectivity index (χ1) is 7.63. The molecule has 1 rings (SSSR count). The highest BCUT2D eigenvalue weighted by Gasteiger charge is 2.05. The summed E-state index contributed by atoms with van der Waals surface area (Å²) in [6, 6.07) is 4.67. The molecule has 17 heavy (non-hydrogen) atoms. The van der Waals surface area contributed by atoms with Gasteiger partial charge in [-0.2, -0.15) is 0 Å². The third-order valence-electron chi connectivity index (χ3n) is 2.05. The van der Waals surface area contributed by atoms with Gasteiger partial charge in [0, 0.05) is 6.54 Å². The van der Waals surface area contributed by atoms with Crippen molar-refractivity contribution in [2.24, 2.45) is 5.73 Å². The number of hydrogen-bond acceptors (Lipinski definition) is 2. The van der Waals surface area contributed by atoms with E-state index in [2.05, 4.69) is 21.2 Å². The van der Waals surface area contributed by atoms with E-state index in [0.717, 1.165) is 6.42 Å². The molecule has 1 aromatic rings. The van der Waals surface area contributed by atoms with E-state index in [1.165, 1.54) is 6.07 Å². The molecular formula is C11H15BrClFN2O. The Morgan fingerprint density at radius 1 is 1.47 bits per heavy atom. The minimum atomic E-state index is -0.354. The van der Waals surface area contributed by atoms with Crippen molar-refractivity contribution < 1.29 is 9.18 Å². The van der Waals surface area contributed by atoms with Crippen molar-refractivity contribution in [3.63, 3.8) is 0 Å². The standard InChI is InChI=1S/C11H14BrFN2O.ClH/c12-9-3-2-8(6-10(9)13)7-11(16)15-5-1-4-14;/h2-3,6H,1,4-5,7,14H2,(H,15,16);1H. The van der Waals surface area contributed by atoms with Gasteiger partial charge in [0.15, 0.2) is 0 Å². The molecule has 0 spiro atoms. The van der Waals surface area contributed by atoms with Crippen LogP contribution in [0.2, 0.25) is 0 Å². The van der Waals surface area contributed by atoms with E-state index < -0.39 is 0 Å². The third kappa shape index (κ3) is 6.00. The second kappa shape index (κ2) is 8.44. The number of rotatable bonds is 5. The van der Waals surface area contributed by atoms with E-state index in [4.69, 9.17) is 5.73 Å². The van der Waals surface area contributed by atoms with Crippen LogP contribution in [0.3, 0.4) is 0 Å². The van der Waals surface area contributed by atoms with Gasteiger partial charge in [0.25, 0.3) is 0 Å². The molecule has 6 heteroatoms. The molecule has 3 nitrogen and oxygen atoms in total. The van der Waals surface area contributed by atoms with Gasteiger partial charge in [-0.25, -0.2) is 4.39 Å². The third-order valence-corrected chi connectivity index (χ3v) is 2.69. The fourth-order valence-electron chi connectivity index (χ4n) is 1.23. The molecule has 0 aliphatic rings. The lowest BCUT2D eigenvalue weighted by molar-refractivity contribution is -0.120. The summed E-state index contributed by atoms with van der Waals surface area (Å²) in [6.07, 6.45) is 0.940. The molecule has 0 aliphatic carbocycles. The first kappa shape index (κ1) is 16.4. The molecule has 0 heterocycles. The van der Waals surface area contributed by atoms with Crippen LogP contribution in [0.4, 0.5) is 4.39 Å². The molecule has 0 saturated heterocycles. The van der Waals surface area contributed by atoms with E-state index >= 15 is 0 Å². The van der Waals surface area contributed by atoms with Crippen LogP contribution in [0, 0.1) is 5.82 Å². The van der Waals surface area contributed by atoms with Crippen LogP contribution >= 0.6 is 28.3 Å². The summed E-state index contributed by atoms with van der Waals surface area (Å²) < 4.78 is 13.5. The predicted molar refractivity (Wildman–Crippen MR) is 71.7 cm³/mol. The van der Waals surface area contributed by atoms with Gasteiger partial charge in [0.05, 0.1) is 10.9 Å². The summed E-state index contributed by atoms with van der Waals surface area (Å²) in [4.78, 5) is 11.4. The van der Waals surface area contributed by atoms with E-state index in [9.17, 15) is 9.18 Å². The summed E-state index contributed by atoms with van der Waals surface area (Å²) in [6.45, 7) is 1.11. The molecule has 0 aliphatic heterocycles. The summed E-state index contributed by atoms with van der Waals surface area (Å²) in [7, 11) is 0. The van der Waals surface area contributed by atoms with E-state index in [1.54, 1.807) is 12.1 Å². The molecule has 0 atom stereocenters. The molecule has 3 N–H and O–H groups in total. The van der Waals surface area contributed by atoms with Gasteiger partial charge in [-0.1, -0.05) is 6.07 Å². The van der Waals surface area contributed by atoms with Gasteiger partial charge < -0.3 is 11.1 Å². The average Bonchev–Trinajstić information content (AvgIpc) is 2.24. The fourth-order valence-corrected chi connectivity index (χ4v) is 1.47. The van der Waals surface area contributed by atoms with Crippen molar-refractivity contribution >= 4 is 34.2 Å². The van der Waals surface area contributed by atoms with Crippen molar-refractivity contribution in [3.05, 3.63) is 34.1 Å². The van der Waals surface area contributed by atoms with E-state index in [0.29, 0.717) is 23.1 Å². The van der Waals surface area contributed by atoms with Gasteiger partial charge in [-0.05, 0) is 46.6 Å². The fraction of sp³-hybridized carbons (Fsp3) is 0.364. The number of carbonyl (C=O) groups excluding carboxylic acids is 1. The topological polar surface area (TPSA) is 55.1 Å². The zero-order valence-corrected chi connectivity index (χ0v) is 11.6. The van der Waals surface area contributed by atoms with Crippen molar-refractivity contribution in [2.75, 3.05) is 13.1 Å². The maximum absolute atomic E-state index is 13.1. The van der Waals surface area contributed by atoms with Crippen LogP contribution in [0.25, 0.3) is 0 Å². The Morgan fingerprint density at radius 3 is 2.76 bits per heavy atom. The highest BCUT2D eigenvalue weighted by molar-refractivity contribution is 9.10. The van der Waals surface area contributed by atoms with E-state index in [-0.39, 0.29) is 30.6 Å². The van der Waals surface area contributed by atoms with Gasteiger partial charge in [0.2, 0.25) is 5.91 Å². The van der Waals surface area contributed by atoms with Crippen LogP contribution in [0.15, 0.2) is 22.7 Å². The minimum Gasteiger partial charge on any atom is -0.356 e. The Bertz CT molecular complexity index is 376. The highest BCUT2D eigenvalue weighted by atomic mass is 79.9. The Hall–Kier alpha value is -0.650. The van der Waals surface area contributed by atoms with Crippen molar-refractivity contribution in [3.8, 4) is 0 Å². The number of amides is 1. The van der Waals surface area contributed by atoms with Crippen LogP contribution < -0.4 is 11.1 Å². The minimum absolute atomic E-state index is 0. The Balaban J connectivity index is 0.00000256. The lowest BCUT2D eigenvalue weighted by Gasteiger charge is -2.04. The second-order valence-corrected chi connectivity index (χ2v) is 4.27. The molecule has 0 radical (unpaired) electrons. The summed E-state index contributed by atoms with van der Waals surface area (Å²) in [5.41, 5.74) is 5.96. The molecule has 1 aromatic carbocycles. The van der Waals surface area contributed by atoms with Gasteiger partial charge in [0.1, 0.15) is 5.82 Å². The Labute approximate surface area is 114 Å². The normalized spacial score (nSPS) is 9.59. The van der Waals surface area contributed by atoms with Crippen molar-refractivity contribution in [1.82, 2.24) is 5.32 Å². The summed E-state index contributed by atoms with van der Waals surface area (Å²) in [5.74, 6) is -0.470. The number of nitrogens with two attached hydrogens (primary N) is 1. The Kier molecular flexibility index (Phi) is 8.12. The molecule has 0 fully saturated rings. The Morgan fingerprint density at radius 2 is 2.18 bits per heavy atom. The molecule has 0 unspecified atom stereocenters. The first-order valence-electron chi connectivity index (χ1n) is 5.04. The average molecular weight is 326 g/mol. The van der Waals surface area contributed by atoms with Gasteiger partial charge in [-0.15, -0.1) is 12.4 Å². The zero-order valence-electron chi connectivity index (χ0n) is 9.21. The largest absolute Gasteiger partial charge is 0.356 e. The number of hydrogen-bond donors (Lipinski definition) is 2. The highest BCUT2D eigenvalue weighted by Crippen LogP contribution is 2.16. The van der Waals surface area contributed by atoms with Crippen molar-refractivity contribution in [2.45, 2.75) is 12.8 Å². The van der Waals surface area contributed by atoms with Crippen LogP contribution in [-0.4, -0.2) is 19.0 Å². The van der Waals surface area contributed by atoms with Gasteiger partial charge >= 0.3 is 0 Å². The maximum atomic E-state index is 13.1. The summed E-state index contributed by atoms with van der Waals surface area (Å²) in [5, 5.41) is 2.71. The zero-order chi connectivity index (χ0) is 12.0. The number of carbonyl (C=O) groups is 1. The smallest absolute Gasteiger partial charge is 0.224 e. The molecule has 1 amide bonds. The lowest BCUT2D eigenvalue weighted by atomic mass is 10.1. The SMILES string of the molecule is Cl.NCCCNC(=O)Cc1ccc(Br)c(F)c1.